The molecule has 1 aromatic heterocycles. The maximum atomic E-state index is 12.7. The van der Waals surface area contributed by atoms with Gasteiger partial charge in [0.2, 0.25) is 0 Å². The number of carbonyl (C=O) groups excluding carboxylic acids is 1. The smallest absolute Gasteiger partial charge is 0.320 e. The van der Waals surface area contributed by atoms with Crippen LogP contribution < -0.4 is 0 Å². The number of likely N-dealkylation sites (N-methyl/N-ethyl adjacent to an activating group) is 1. The van der Waals surface area contributed by atoms with Gasteiger partial charge in [-0.05, 0) is 66.4 Å². The quantitative estimate of drug-likeness (QED) is 0.359. The number of rotatable bonds is 7. The lowest BCUT2D eigenvalue weighted by Crippen LogP contribution is -2.36. The molecule has 0 radical (unpaired) electrons. The third-order valence-electron chi connectivity index (χ3n) is 6.55. The van der Waals surface area contributed by atoms with Gasteiger partial charge < -0.3 is 9.15 Å². The Morgan fingerprint density at radius 3 is 2.41 bits per heavy atom. The van der Waals surface area contributed by atoms with E-state index in [0.717, 1.165) is 17.4 Å². The second-order valence-electron chi connectivity index (χ2n) is 8.67. The van der Waals surface area contributed by atoms with E-state index >= 15 is 0 Å². The van der Waals surface area contributed by atoms with E-state index in [2.05, 4.69) is 72.5 Å². The number of esters is 1. The molecule has 3 aromatic carbocycles. The predicted octanol–water partition coefficient (Wildman–Crippen LogP) is 5.65. The summed E-state index contributed by atoms with van der Waals surface area (Å²) >= 11 is 0. The van der Waals surface area contributed by atoms with E-state index in [-0.39, 0.29) is 24.5 Å². The molecule has 0 aliphatic heterocycles. The predicted molar refractivity (Wildman–Crippen MR) is 127 cm³/mol. The lowest BCUT2D eigenvalue weighted by atomic mass is 9.98. The molecule has 0 fully saturated rings. The fourth-order valence-corrected chi connectivity index (χ4v) is 4.66. The molecule has 1 heterocycles. The van der Waals surface area contributed by atoms with Gasteiger partial charge in [0.05, 0.1) is 12.8 Å². The number of benzene rings is 3. The van der Waals surface area contributed by atoms with Crippen LogP contribution in [0.1, 0.15) is 29.5 Å². The number of hydrogen-bond acceptors (Lipinski definition) is 4. The first-order valence-electron chi connectivity index (χ1n) is 11.1. The molecule has 1 atom stereocenters. The SMILES string of the molecule is C[C@@H](Cc1ccc2occc2c1)N(C)CC(=O)OCC1c2ccccc2-c2ccccc21. The molecule has 0 N–H and O–H groups in total. The van der Waals surface area contributed by atoms with Crippen LogP contribution in [0.25, 0.3) is 22.1 Å². The van der Waals surface area contributed by atoms with Crippen molar-refractivity contribution < 1.29 is 13.9 Å². The normalized spacial score (nSPS) is 13.8. The van der Waals surface area contributed by atoms with Crippen LogP contribution in [0.2, 0.25) is 0 Å². The fourth-order valence-electron chi connectivity index (χ4n) is 4.66. The Morgan fingerprint density at radius 1 is 1.00 bits per heavy atom. The monoisotopic (exact) mass is 425 g/mol. The molecule has 32 heavy (non-hydrogen) atoms. The summed E-state index contributed by atoms with van der Waals surface area (Å²) < 4.78 is 11.2. The average Bonchev–Trinajstić information content (AvgIpc) is 3.40. The van der Waals surface area contributed by atoms with Gasteiger partial charge >= 0.3 is 5.97 Å². The number of hydrogen-bond donors (Lipinski definition) is 0. The first kappa shape index (κ1) is 20.5. The van der Waals surface area contributed by atoms with Crippen molar-refractivity contribution in [1.29, 1.82) is 0 Å². The van der Waals surface area contributed by atoms with Gasteiger partial charge in [0.1, 0.15) is 12.2 Å². The van der Waals surface area contributed by atoms with Crippen LogP contribution in [0.5, 0.6) is 0 Å². The molecular formula is C28H27NO3. The zero-order chi connectivity index (χ0) is 22.1. The van der Waals surface area contributed by atoms with Crippen LogP contribution in [0.3, 0.4) is 0 Å². The lowest BCUT2D eigenvalue weighted by molar-refractivity contribution is -0.145. The third kappa shape index (κ3) is 3.94. The average molecular weight is 426 g/mol. The van der Waals surface area contributed by atoms with E-state index in [1.165, 1.54) is 27.8 Å². The summed E-state index contributed by atoms with van der Waals surface area (Å²) in [5.41, 5.74) is 7.07. The van der Waals surface area contributed by atoms with E-state index in [0.29, 0.717) is 6.61 Å². The van der Waals surface area contributed by atoms with E-state index in [1.54, 1.807) is 6.26 Å². The lowest BCUT2D eigenvalue weighted by Gasteiger charge is -2.24. The molecule has 4 heteroatoms. The molecule has 0 unspecified atom stereocenters. The first-order chi connectivity index (χ1) is 15.6. The number of fused-ring (bicyclic) bond motifs is 4. The molecular weight excluding hydrogens is 398 g/mol. The van der Waals surface area contributed by atoms with Crippen LogP contribution in [-0.4, -0.2) is 37.1 Å². The molecule has 1 aliphatic rings. The number of ether oxygens (including phenoxy) is 1. The number of furan rings is 1. The summed E-state index contributed by atoms with van der Waals surface area (Å²) in [5, 5.41) is 1.11. The van der Waals surface area contributed by atoms with E-state index in [9.17, 15) is 4.79 Å². The van der Waals surface area contributed by atoms with Crippen LogP contribution in [0.4, 0.5) is 0 Å². The molecule has 0 amide bonds. The first-order valence-corrected chi connectivity index (χ1v) is 11.1. The summed E-state index contributed by atoms with van der Waals surface area (Å²) in [7, 11) is 1.97. The highest BCUT2D eigenvalue weighted by Crippen LogP contribution is 2.44. The van der Waals surface area contributed by atoms with Crippen LogP contribution in [0.15, 0.2) is 83.5 Å². The summed E-state index contributed by atoms with van der Waals surface area (Å²) in [4.78, 5) is 14.7. The summed E-state index contributed by atoms with van der Waals surface area (Å²) in [6.45, 7) is 2.77. The molecule has 5 rings (SSSR count). The molecule has 0 saturated heterocycles. The Kier molecular flexibility index (Phi) is 5.54. The van der Waals surface area contributed by atoms with Crippen molar-refractivity contribution in [3.63, 3.8) is 0 Å². The van der Waals surface area contributed by atoms with Crippen molar-refractivity contribution in [2.24, 2.45) is 0 Å². The maximum absolute atomic E-state index is 12.7. The molecule has 4 nitrogen and oxygen atoms in total. The van der Waals surface area contributed by atoms with E-state index in [4.69, 9.17) is 9.15 Å². The molecule has 4 aromatic rings. The highest BCUT2D eigenvalue weighted by atomic mass is 16.5. The van der Waals surface area contributed by atoms with Crippen LogP contribution >= 0.6 is 0 Å². The summed E-state index contributed by atoms with van der Waals surface area (Å²) in [5.74, 6) is -0.0951. The van der Waals surface area contributed by atoms with Crippen molar-refractivity contribution in [3.8, 4) is 11.1 Å². The maximum Gasteiger partial charge on any atom is 0.320 e. The minimum absolute atomic E-state index is 0.0933. The van der Waals surface area contributed by atoms with Crippen LogP contribution in [0, 0.1) is 0 Å². The molecule has 1 aliphatic carbocycles. The zero-order valence-corrected chi connectivity index (χ0v) is 18.5. The highest BCUT2D eigenvalue weighted by molar-refractivity contribution is 5.79. The zero-order valence-electron chi connectivity index (χ0n) is 18.5. The second kappa shape index (κ2) is 8.64. The van der Waals surface area contributed by atoms with Gasteiger partial charge in [-0.15, -0.1) is 0 Å². The molecule has 0 saturated carbocycles. The van der Waals surface area contributed by atoms with Gasteiger partial charge in [-0.25, -0.2) is 0 Å². The fraction of sp³-hybridized carbons (Fsp3) is 0.250. The van der Waals surface area contributed by atoms with Gasteiger partial charge in [0, 0.05) is 17.3 Å². The Morgan fingerprint density at radius 2 is 1.69 bits per heavy atom. The molecule has 0 spiro atoms. The molecule has 0 bridgehead atoms. The van der Waals surface area contributed by atoms with E-state index in [1.807, 2.05) is 19.2 Å². The Hall–Kier alpha value is -3.37. The standard InChI is InChI=1S/C28H27NO3/c1-19(15-20-11-12-27-21(16-20)13-14-31-27)29(2)17-28(30)32-18-26-24-9-5-3-7-22(24)23-8-4-6-10-25(23)26/h3-14,16,19,26H,15,17-18H2,1-2H3/t19-/m0/s1. The topological polar surface area (TPSA) is 42.7 Å². The summed E-state index contributed by atoms with van der Waals surface area (Å²) in [6.07, 6.45) is 2.56. The number of carbonyl (C=O) groups is 1. The van der Waals surface area contributed by atoms with Crippen molar-refractivity contribution in [3.05, 3.63) is 95.7 Å². The van der Waals surface area contributed by atoms with E-state index < -0.39 is 0 Å². The second-order valence-corrected chi connectivity index (χ2v) is 8.67. The van der Waals surface area contributed by atoms with Gasteiger partial charge in [0.25, 0.3) is 0 Å². The van der Waals surface area contributed by atoms with Crippen molar-refractivity contribution >= 4 is 16.9 Å². The molecule has 162 valence electrons. The van der Waals surface area contributed by atoms with Gasteiger partial charge in [0.15, 0.2) is 0 Å². The van der Waals surface area contributed by atoms with Crippen LogP contribution in [-0.2, 0) is 16.0 Å². The Bertz CT molecular complexity index is 1210. The van der Waals surface area contributed by atoms with Gasteiger partial charge in [-0.1, -0.05) is 54.6 Å². The van der Waals surface area contributed by atoms with Crippen molar-refractivity contribution in [1.82, 2.24) is 4.90 Å². The van der Waals surface area contributed by atoms with Gasteiger partial charge in [-0.3, -0.25) is 9.69 Å². The van der Waals surface area contributed by atoms with Crippen molar-refractivity contribution in [2.75, 3.05) is 20.2 Å². The minimum Gasteiger partial charge on any atom is -0.464 e. The number of nitrogens with zero attached hydrogens (tertiary/aromatic N) is 1. The minimum atomic E-state index is -0.188. The largest absolute Gasteiger partial charge is 0.464 e. The Balaban J connectivity index is 1.19. The Labute approximate surface area is 188 Å². The highest BCUT2D eigenvalue weighted by Gasteiger charge is 2.29. The van der Waals surface area contributed by atoms with Crippen molar-refractivity contribution in [2.45, 2.75) is 25.3 Å². The van der Waals surface area contributed by atoms with Gasteiger partial charge in [-0.2, -0.15) is 0 Å². The third-order valence-corrected chi connectivity index (χ3v) is 6.55. The summed E-state index contributed by atoms with van der Waals surface area (Å²) in [6, 6.07) is 25.2.